The van der Waals surface area contributed by atoms with E-state index >= 15 is 0 Å². The molecular formula is C17H25NO4S. The van der Waals surface area contributed by atoms with Crippen molar-refractivity contribution in [3.8, 4) is 5.75 Å². The lowest BCUT2D eigenvalue weighted by Crippen LogP contribution is -2.40. The maximum atomic E-state index is 12.6. The zero-order valence-corrected chi connectivity index (χ0v) is 14.6. The largest absolute Gasteiger partial charge is 0.494 e. The van der Waals surface area contributed by atoms with Gasteiger partial charge in [0.15, 0.2) is 9.84 Å². The maximum absolute atomic E-state index is 12.6. The van der Waals surface area contributed by atoms with Crippen LogP contribution >= 0.6 is 0 Å². The molecule has 1 aromatic rings. The van der Waals surface area contributed by atoms with Gasteiger partial charge < -0.3 is 9.64 Å². The quantitative estimate of drug-likeness (QED) is 0.716. The second-order valence-electron chi connectivity index (χ2n) is 5.87. The van der Waals surface area contributed by atoms with Crippen LogP contribution < -0.4 is 4.74 Å². The number of nitrogens with zero attached hydrogens (tertiary/aromatic N) is 1. The van der Waals surface area contributed by atoms with Crippen molar-refractivity contribution in [3.63, 3.8) is 0 Å². The molecule has 0 spiro atoms. The zero-order chi connectivity index (χ0) is 16.9. The molecule has 1 atom stereocenters. The number of hydrogen-bond donors (Lipinski definition) is 0. The molecule has 6 heteroatoms. The van der Waals surface area contributed by atoms with E-state index < -0.39 is 9.84 Å². The molecule has 1 amide bonds. The minimum absolute atomic E-state index is 0.0742. The molecule has 1 fully saturated rings. The molecule has 0 bridgehead atoms. The monoisotopic (exact) mass is 339 g/mol. The molecule has 0 N–H and O–H groups in total. The molecule has 1 aliphatic rings. The molecule has 128 valence electrons. The van der Waals surface area contributed by atoms with E-state index in [9.17, 15) is 13.2 Å². The van der Waals surface area contributed by atoms with Crippen LogP contribution in [0.5, 0.6) is 5.75 Å². The predicted octanol–water partition coefficient (Wildman–Crippen LogP) is 2.51. The highest BCUT2D eigenvalue weighted by atomic mass is 32.2. The lowest BCUT2D eigenvalue weighted by molar-refractivity contribution is 0.0708. The minimum atomic E-state index is -3.00. The van der Waals surface area contributed by atoms with Crippen LogP contribution in [0.2, 0.25) is 0 Å². The van der Waals surface area contributed by atoms with Gasteiger partial charge in [0, 0.05) is 18.2 Å². The first-order valence-corrected chi connectivity index (χ1v) is 10.0. The standard InChI is InChI=1S/C17H25NO4S/c1-3-5-11-22-16-8-6-14(7-9-16)17(19)18(4-2)15-10-12-23(20,21)13-15/h6-9,15H,3-5,10-13H2,1-2H3/t15-/m0/s1. The summed E-state index contributed by atoms with van der Waals surface area (Å²) in [7, 11) is -3.00. The van der Waals surface area contributed by atoms with E-state index in [1.165, 1.54) is 0 Å². The third kappa shape index (κ3) is 4.70. The van der Waals surface area contributed by atoms with E-state index in [0.717, 1.165) is 18.6 Å². The van der Waals surface area contributed by atoms with Crippen molar-refractivity contribution in [2.24, 2.45) is 0 Å². The average molecular weight is 339 g/mol. The summed E-state index contributed by atoms with van der Waals surface area (Å²) >= 11 is 0. The molecule has 0 aliphatic carbocycles. The highest BCUT2D eigenvalue weighted by molar-refractivity contribution is 7.91. The third-order valence-corrected chi connectivity index (χ3v) is 5.87. The fourth-order valence-corrected chi connectivity index (χ4v) is 4.51. The van der Waals surface area contributed by atoms with Crippen LogP contribution in [0, 0.1) is 0 Å². The number of sulfone groups is 1. The topological polar surface area (TPSA) is 63.7 Å². The van der Waals surface area contributed by atoms with E-state index in [4.69, 9.17) is 4.74 Å². The Morgan fingerprint density at radius 1 is 1.26 bits per heavy atom. The Balaban J connectivity index is 2.03. The normalized spacial score (nSPS) is 19.5. The Hall–Kier alpha value is -1.56. The summed E-state index contributed by atoms with van der Waals surface area (Å²) in [5.74, 6) is 0.882. The van der Waals surface area contributed by atoms with Crippen molar-refractivity contribution in [1.82, 2.24) is 4.90 Å². The first-order valence-electron chi connectivity index (χ1n) is 8.21. The molecule has 2 rings (SSSR count). The van der Waals surface area contributed by atoms with Crippen molar-refractivity contribution < 1.29 is 17.9 Å². The SMILES string of the molecule is CCCCOc1ccc(C(=O)N(CC)[C@H]2CCS(=O)(=O)C2)cc1. The van der Waals surface area contributed by atoms with Crippen LogP contribution in [0.4, 0.5) is 0 Å². The number of carbonyl (C=O) groups excluding carboxylic acids is 1. The van der Waals surface area contributed by atoms with Gasteiger partial charge in [-0.3, -0.25) is 4.79 Å². The van der Waals surface area contributed by atoms with Crippen molar-refractivity contribution in [2.45, 2.75) is 39.2 Å². The number of rotatable bonds is 7. The molecule has 23 heavy (non-hydrogen) atoms. The summed E-state index contributed by atoms with van der Waals surface area (Å²) < 4.78 is 28.9. The summed E-state index contributed by atoms with van der Waals surface area (Å²) in [6.45, 7) is 5.16. The van der Waals surface area contributed by atoms with E-state index in [2.05, 4.69) is 6.92 Å². The molecule has 1 heterocycles. The first-order chi connectivity index (χ1) is 11.0. The van der Waals surface area contributed by atoms with Gasteiger partial charge in [-0.2, -0.15) is 0 Å². The zero-order valence-electron chi connectivity index (χ0n) is 13.8. The lowest BCUT2D eigenvalue weighted by atomic mass is 10.1. The molecule has 0 radical (unpaired) electrons. The fourth-order valence-electron chi connectivity index (χ4n) is 2.78. The van der Waals surface area contributed by atoms with E-state index in [0.29, 0.717) is 25.1 Å². The fraction of sp³-hybridized carbons (Fsp3) is 0.588. The van der Waals surface area contributed by atoms with Gasteiger partial charge in [-0.1, -0.05) is 13.3 Å². The van der Waals surface area contributed by atoms with Crippen LogP contribution in [-0.4, -0.2) is 49.9 Å². The average Bonchev–Trinajstić information content (AvgIpc) is 2.89. The van der Waals surface area contributed by atoms with Crippen LogP contribution in [0.25, 0.3) is 0 Å². The lowest BCUT2D eigenvalue weighted by Gasteiger charge is -2.27. The highest BCUT2D eigenvalue weighted by Gasteiger charge is 2.34. The van der Waals surface area contributed by atoms with Crippen LogP contribution in [0.1, 0.15) is 43.5 Å². The minimum Gasteiger partial charge on any atom is -0.494 e. The highest BCUT2D eigenvalue weighted by Crippen LogP contribution is 2.21. The van der Waals surface area contributed by atoms with E-state index in [-0.39, 0.29) is 23.5 Å². The van der Waals surface area contributed by atoms with Crippen LogP contribution in [0.3, 0.4) is 0 Å². The first kappa shape index (κ1) is 17.8. The molecule has 1 aliphatic heterocycles. The Morgan fingerprint density at radius 2 is 1.96 bits per heavy atom. The summed E-state index contributed by atoms with van der Waals surface area (Å²) in [4.78, 5) is 14.3. The number of carbonyl (C=O) groups is 1. The smallest absolute Gasteiger partial charge is 0.254 e. The van der Waals surface area contributed by atoms with E-state index in [1.54, 1.807) is 29.2 Å². The van der Waals surface area contributed by atoms with Gasteiger partial charge in [0.1, 0.15) is 5.75 Å². The van der Waals surface area contributed by atoms with Crippen molar-refractivity contribution in [3.05, 3.63) is 29.8 Å². The molecule has 0 saturated carbocycles. The Morgan fingerprint density at radius 3 is 2.48 bits per heavy atom. The third-order valence-electron chi connectivity index (χ3n) is 4.12. The Labute approximate surface area is 138 Å². The molecule has 5 nitrogen and oxygen atoms in total. The maximum Gasteiger partial charge on any atom is 0.254 e. The number of amides is 1. The predicted molar refractivity (Wildman–Crippen MR) is 90.6 cm³/mol. The summed E-state index contributed by atoms with van der Waals surface area (Å²) in [6.07, 6.45) is 2.60. The Kier molecular flexibility index (Phi) is 6.04. The summed E-state index contributed by atoms with van der Waals surface area (Å²) in [5.41, 5.74) is 0.569. The second kappa shape index (κ2) is 7.81. The van der Waals surface area contributed by atoms with Crippen molar-refractivity contribution in [2.75, 3.05) is 24.7 Å². The Bertz CT molecular complexity index is 624. The molecule has 0 aromatic heterocycles. The van der Waals surface area contributed by atoms with Crippen molar-refractivity contribution in [1.29, 1.82) is 0 Å². The van der Waals surface area contributed by atoms with Gasteiger partial charge in [0.05, 0.1) is 18.1 Å². The van der Waals surface area contributed by atoms with Crippen molar-refractivity contribution >= 4 is 15.7 Å². The van der Waals surface area contributed by atoms with Crippen LogP contribution in [-0.2, 0) is 9.84 Å². The van der Waals surface area contributed by atoms with Gasteiger partial charge >= 0.3 is 0 Å². The van der Waals surface area contributed by atoms with E-state index in [1.807, 2.05) is 6.92 Å². The molecule has 0 unspecified atom stereocenters. The van der Waals surface area contributed by atoms with Gasteiger partial charge in [-0.25, -0.2) is 8.42 Å². The van der Waals surface area contributed by atoms with Gasteiger partial charge in [-0.05, 0) is 44.0 Å². The summed E-state index contributed by atoms with van der Waals surface area (Å²) in [6, 6.07) is 6.87. The number of hydrogen-bond acceptors (Lipinski definition) is 4. The number of benzene rings is 1. The molecule has 1 saturated heterocycles. The van der Waals surface area contributed by atoms with Gasteiger partial charge in [-0.15, -0.1) is 0 Å². The van der Waals surface area contributed by atoms with Crippen LogP contribution in [0.15, 0.2) is 24.3 Å². The number of ether oxygens (including phenoxy) is 1. The summed E-state index contributed by atoms with van der Waals surface area (Å²) in [5, 5.41) is 0. The second-order valence-corrected chi connectivity index (χ2v) is 8.10. The molecular weight excluding hydrogens is 314 g/mol. The van der Waals surface area contributed by atoms with Gasteiger partial charge in [0.25, 0.3) is 5.91 Å². The molecule has 1 aromatic carbocycles. The number of unbranched alkanes of at least 4 members (excludes halogenated alkanes) is 1. The van der Waals surface area contributed by atoms with Gasteiger partial charge in [0.2, 0.25) is 0 Å².